The molecule has 0 unspecified atom stereocenters. The summed E-state index contributed by atoms with van der Waals surface area (Å²) in [4.78, 5) is 13.0. The fraction of sp³-hybridized carbons (Fsp3) is 0.308. The lowest BCUT2D eigenvalue weighted by Crippen LogP contribution is -1.99. The monoisotopic (exact) mass is 245 g/mol. The molecular weight excluding hydrogens is 230 g/mol. The summed E-state index contributed by atoms with van der Waals surface area (Å²) in [5.41, 5.74) is 3.29. The van der Waals surface area contributed by atoms with Crippen molar-refractivity contribution >= 4 is 0 Å². The normalized spacial score (nSPS) is 10.2. The zero-order valence-electron chi connectivity index (χ0n) is 10.9. The van der Waals surface area contributed by atoms with Gasteiger partial charge in [-0.25, -0.2) is 4.98 Å². The van der Waals surface area contributed by atoms with Gasteiger partial charge < -0.3 is 9.47 Å². The van der Waals surface area contributed by atoms with Crippen LogP contribution in [0.5, 0.6) is 11.8 Å². The molecule has 18 heavy (non-hydrogen) atoms. The first-order valence-corrected chi connectivity index (χ1v) is 5.55. The molecule has 94 valence electrons. The number of rotatable bonds is 3. The zero-order valence-corrected chi connectivity index (χ0v) is 10.9. The molecule has 5 heteroatoms. The first kappa shape index (κ1) is 12.3. The van der Waals surface area contributed by atoms with Crippen LogP contribution in [0.1, 0.15) is 11.4 Å². The molecule has 0 amide bonds. The molecule has 0 spiro atoms. The fourth-order valence-corrected chi connectivity index (χ4v) is 1.67. The van der Waals surface area contributed by atoms with Gasteiger partial charge in [-0.3, -0.25) is 4.98 Å². The molecule has 2 heterocycles. The van der Waals surface area contributed by atoms with Gasteiger partial charge in [0.1, 0.15) is 0 Å². The van der Waals surface area contributed by atoms with Gasteiger partial charge >= 0.3 is 0 Å². The molecule has 0 aromatic carbocycles. The Bertz CT molecular complexity index is 570. The SMILES string of the molecule is COc1ccc(-c2nc(C)cnc2C)c(OC)n1. The third-order valence-corrected chi connectivity index (χ3v) is 2.57. The topological polar surface area (TPSA) is 57.1 Å². The smallest absolute Gasteiger partial charge is 0.226 e. The predicted octanol–water partition coefficient (Wildman–Crippen LogP) is 2.17. The minimum atomic E-state index is 0.484. The van der Waals surface area contributed by atoms with Crippen molar-refractivity contribution in [2.75, 3.05) is 14.2 Å². The van der Waals surface area contributed by atoms with Crippen LogP contribution in [0.15, 0.2) is 18.3 Å². The molecule has 0 saturated carbocycles. The number of aromatic nitrogens is 3. The van der Waals surface area contributed by atoms with Crippen molar-refractivity contribution in [1.29, 1.82) is 0 Å². The molecule has 0 radical (unpaired) electrons. The number of hydrogen-bond donors (Lipinski definition) is 0. The van der Waals surface area contributed by atoms with E-state index in [1.807, 2.05) is 19.9 Å². The van der Waals surface area contributed by atoms with E-state index in [9.17, 15) is 0 Å². The Hall–Kier alpha value is -2.17. The zero-order chi connectivity index (χ0) is 13.1. The molecule has 0 aliphatic carbocycles. The Morgan fingerprint density at radius 1 is 1.00 bits per heavy atom. The van der Waals surface area contributed by atoms with Gasteiger partial charge in [-0.05, 0) is 19.9 Å². The highest BCUT2D eigenvalue weighted by Crippen LogP contribution is 2.30. The first-order chi connectivity index (χ1) is 8.65. The lowest BCUT2D eigenvalue weighted by molar-refractivity contribution is 0.365. The van der Waals surface area contributed by atoms with Crippen LogP contribution in [-0.4, -0.2) is 29.2 Å². The lowest BCUT2D eigenvalue weighted by Gasteiger charge is -2.10. The number of hydrogen-bond acceptors (Lipinski definition) is 5. The van der Waals surface area contributed by atoms with E-state index in [-0.39, 0.29) is 0 Å². The van der Waals surface area contributed by atoms with Crippen LogP contribution >= 0.6 is 0 Å². The lowest BCUT2D eigenvalue weighted by atomic mass is 10.1. The van der Waals surface area contributed by atoms with Crippen molar-refractivity contribution in [1.82, 2.24) is 15.0 Å². The van der Waals surface area contributed by atoms with Gasteiger partial charge in [0.2, 0.25) is 11.8 Å². The van der Waals surface area contributed by atoms with Crippen LogP contribution < -0.4 is 9.47 Å². The van der Waals surface area contributed by atoms with Gasteiger partial charge in [-0.15, -0.1) is 0 Å². The second-order valence-corrected chi connectivity index (χ2v) is 3.86. The Morgan fingerprint density at radius 2 is 1.78 bits per heavy atom. The highest BCUT2D eigenvalue weighted by Gasteiger charge is 2.13. The molecule has 2 aromatic rings. The second-order valence-electron chi connectivity index (χ2n) is 3.86. The van der Waals surface area contributed by atoms with E-state index in [1.165, 1.54) is 0 Å². The average Bonchev–Trinajstić information content (AvgIpc) is 2.41. The number of ether oxygens (including phenoxy) is 2. The number of aryl methyl sites for hydroxylation is 2. The van der Waals surface area contributed by atoms with Crippen molar-refractivity contribution in [3.05, 3.63) is 29.7 Å². The van der Waals surface area contributed by atoms with Crippen LogP contribution in [-0.2, 0) is 0 Å². The molecule has 0 atom stereocenters. The van der Waals surface area contributed by atoms with Gasteiger partial charge in [0.05, 0.1) is 36.9 Å². The molecule has 0 N–H and O–H groups in total. The predicted molar refractivity (Wildman–Crippen MR) is 67.8 cm³/mol. The maximum Gasteiger partial charge on any atom is 0.226 e. The maximum absolute atomic E-state index is 5.28. The van der Waals surface area contributed by atoms with Crippen molar-refractivity contribution in [2.24, 2.45) is 0 Å². The molecule has 0 aliphatic heterocycles. The van der Waals surface area contributed by atoms with Crippen LogP contribution in [0, 0.1) is 13.8 Å². The number of nitrogens with zero attached hydrogens (tertiary/aromatic N) is 3. The Kier molecular flexibility index (Phi) is 3.41. The largest absolute Gasteiger partial charge is 0.481 e. The fourth-order valence-electron chi connectivity index (χ4n) is 1.67. The summed E-state index contributed by atoms with van der Waals surface area (Å²) in [5, 5.41) is 0. The summed E-state index contributed by atoms with van der Waals surface area (Å²) in [6.45, 7) is 3.81. The Morgan fingerprint density at radius 3 is 2.44 bits per heavy atom. The van der Waals surface area contributed by atoms with E-state index in [0.29, 0.717) is 11.8 Å². The van der Waals surface area contributed by atoms with Crippen molar-refractivity contribution in [3.63, 3.8) is 0 Å². The van der Waals surface area contributed by atoms with E-state index in [4.69, 9.17) is 9.47 Å². The Labute approximate surface area is 106 Å². The van der Waals surface area contributed by atoms with Gasteiger partial charge in [0.15, 0.2) is 0 Å². The van der Waals surface area contributed by atoms with Crippen molar-refractivity contribution < 1.29 is 9.47 Å². The van der Waals surface area contributed by atoms with Gasteiger partial charge in [-0.2, -0.15) is 4.98 Å². The minimum absolute atomic E-state index is 0.484. The molecule has 5 nitrogen and oxygen atoms in total. The van der Waals surface area contributed by atoms with E-state index >= 15 is 0 Å². The van der Waals surface area contributed by atoms with E-state index in [2.05, 4.69) is 15.0 Å². The van der Waals surface area contributed by atoms with Gasteiger partial charge in [0, 0.05) is 12.3 Å². The van der Waals surface area contributed by atoms with Crippen LogP contribution in [0.3, 0.4) is 0 Å². The van der Waals surface area contributed by atoms with Crippen LogP contribution in [0.25, 0.3) is 11.3 Å². The second kappa shape index (κ2) is 5.00. The highest BCUT2D eigenvalue weighted by atomic mass is 16.5. The van der Waals surface area contributed by atoms with Crippen molar-refractivity contribution in [2.45, 2.75) is 13.8 Å². The third kappa shape index (κ3) is 2.25. The summed E-state index contributed by atoms with van der Waals surface area (Å²) in [6.07, 6.45) is 1.74. The molecule has 2 aromatic heterocycles. The first-order valence-electron chi connectivity index (χ1n) is 5.55. The molecular formula is C13H15N3O2. The molecule has 0 bridgehead atoms. The third-order valence-electron chi connectivity index (χ3n) is 2.57. The van der Waals surface area contributed by atoms with Crippen molar-refractivity contribution in [3.8, 4) is 23.0 Å². The minimum Gasteiger partial charge on any atom is -0.481 e. The summed E-state index contributed by atoms with van der Waals surface area (Å²) >= 11 is 0. The Balaban J connectivity index is 2.59. The summed E-state index contributed by atoms with van der Waals surface area (Å²) in [5.74, 6) is 0.992. The quantitative estimate of drug-likeness (QED) is 0.829. The van der Waals surface area contributed by atoms with Gasteiger partial charge in [0.25, 0.3) is 0 Å². The van der Waals surface area contributed by atoms with Gasteiger partial charge in [-0.1, -0.05) is 0 Å². The van der Waals surface area contributed by atoms with Crippen LogP contribution in [0.2, 0.25) is 0 Å². The van der Waals surface area contributed by atoms with Crippen LogP contribution in [0.4, 0.5) is 0 Å². The molecule has 0 fully saturated rings. The van der Waals surface area contributed by atoms with E-state index < -0.39 is 0 Å². The number of methoxy groups -OCH3 is 2. The molecule has 2 rings (SSSR count). The molecule has 0 aliphatic rings. The van der Waals surface area contributed by atoms with E-state index in [0.717, 1.165) is 22.6 Å². The maximum atomic E-state index is 5.28. The number of pyridine rings is 1. The highest BCUT2D eigenvalue weighted by molar-refractivity contribution is 5.67. The molecule has 0 saturated heterocycles. The average molecular weight is 245 g/mol. The summed E-state index contributed by atoms with van der Waals surface area (Å²) < 4.78 is 10.4. The standard InChI is InChI=1S/C13H15N3O2/c1-8-7-14-9(2)12(15-8)10-5-6-11(17-3)16-13(10)18-4/h5-7H,1-4H3. The summed E-state index contributed by atoms with van der Waals surface area (Å²) in [7, 11) is 3.14. The summed E-state index contributed by atoms with van der Waals surface area (Å²) in [6, 6.07) is 3.66. The van der Waals surface area contributed by atoms with E-state index in [1.54, 1.807) is 26.5 Å².